The number of nitrogens with one attached hydrogen (secondary N) is 2. The molecule has 1 aromatic heterocycles. The zero-order chi connectivity index (χ0) is 26.0. The highest BCUT2D eigenvalue weighted by atomic mass is 19.4. The number of amides is 2. The van der Waals surface area contributed by atoms with Crippen LogP contribution in [0.25, 0.3) is 0 Å². The predicted molar refractivity (Wildman–Crippen MR) is 117 cm³/mol. The minimum absolute atomic E-state index is 0.00414. The van der Waals surface area contributed by atoms with Gasteiger partial charge in [0.2, 0.25) is 5.91 Å². The fourth-order valence-electron chi connectivity index (χ4n) is 4.49. The topological polar surface area (TPSA) is 126 Å². The molecular weight excluding hydrogens is 482 g/mol. The van der Waals surface area contributed by atoms with E-state index in [1.54, 1.807) is 0 Å². The van der Waals surface area contributed by atoms with Crippen molar-refractivity contribution in [3.8, 4) is 0 Å². The number of rotatable bonds is 6. The van der Waals surface area contributed by atoms with Gasteiger partial charge in [0, 0.05) is 19.1 Å². The number of carbonyl (C=O) groups excluding carboxylic acids is 2. The van der Waals surface area contributed by atoms with E-state index in [9.17, 15) is 35.9 Å². The van der Waals surface area contributed by atoms with Gasteiger partial charge in [-0.2, -0.15) is 26.3 Å². The van der Waals surface area contributed by atoms with Crippen molar-refractivity contribution in [2.75, 3.05) is 35.6 Å². The second-order valence-electron chi connectivity index (χ2n) is 8.98. The summed E-state index contributed by atoms with van der Waals surface area (Å²) in [4.78, 5) is 30.0. The van der Waals surface area contributed by atoms with Crippen LogP contribution in [0.1, 0.15) is 48.9 Å². The van der Waals surface area contributed by atoms with E-state index in [-0.39, 0.29) is 81.0 Å². The second-order valence-corrected chi connectivity index (χ2v) is 8.98. The largest absolute Gasteiger partial charge is 0.396 e. The standard InChI is InChI=1S/C21H28F6N6O2/c22-20(23,24)11-1-3-13(4-2-11)31-19(35)14-9-15(28)17(30-10-16(29)34)32-18(14)33-7-5-12(6-8-33)21(25,26)27/h9,11-13H,1-8,10,28H2,(H2,29,34)(H,30,32)(H,31,35). The maximum atomic E-state index is 13.1. The molecule has 3 rings (SSSR count). The van der Waals surface area contributed by atoms with Crippen LogP contribution < -0.4 is 27.0 Å². The van der Waals surface area contributed by atoms with Gasteiger partial charge in [0.25, 0.3) is 5.91 Å². The number of aromatic nitrogens is 1. The Labute approximate surface area is 197 Å². The van der Waals surface area contributed by atoms with E-state index in [1.165, 1.54) is 11.0 Å². The van der Waals surface area contributed by atoms with Crippen LogP contribution in [0, 0.1) is 11.8 Å². The number of piperidine rings is 1. The van der Waals surface area contributed by atoms with Crippen LogP contribution in [-0.2, 0) is 4.79 Å². The Morgan fingerprint density at radius 2 is 1.51 bits per heavy atom. The van der Waals surface area contributed by atoms with Crippen molar-refractivity contribution in [3.63, 3.8) is 0 Å². The molecule has 1 aromatic rings. The van der Waals surface area contributed by atoms with Gasteiger partial charge in [0.05, 0.1) is 29.6 Å². The molecule has 2 heterocycles. The van der Waals surface area contributed by atoms with Gasteiger partial charge in [-0.3, -0.25) is 9.59 Å². The van der Waals surface area contributed by atoms with E-state index in [0.29, 0.717) is 0 Å². The lowest BCUT2D eigenvalue weighted by Crippen LogP contribution is -2.42. The average molecular weight is 510 g/mol. The molecule has 0 spiro atoms. The molecule has 0 unspecified atom stereocenters. The molecule has 0 atom stereocenters. The first-order chi connectivity index (χ1) is 16.3. The van der Waals surface area contributed by atoms with Gasteiger partial charge >= 0.3 is 12.4 Å². The quantitative estimate of drug-likeness (QED) is 0.436. The summed E-state index contributed by atoms with van der Waals surface area (Å²) in [5.74, 6) is -4.09. The lowest BCUT2D eigenvalue weighted by Gasteiger charge is -2.35. The monoisotopic (exact) mass is 510 g/mol. The molecule has 2 aliphatic rings. The number of carbonyl (C=O) groups is 2. The van der Waals surface area contributed by atoms with Crippen molar-refractivity contribution in [1.82, 2.24) is 10.3 Å². The first-order valence-electron chi connectivity index (χ1n) is 11.3. The summed E-state index contributed by atoms with van der Waals surface area (Å²) in [6, 6.07) is 0.803. The van der Waals surface area contributed by atoms with Gasteiger partial charge in [-0.15, -0.1) is 0 Å². The van der Waals surface area contributed by atoms with Crippen LogP contribution in [-0.4, -0.2) is 54.8 Å². The molecule has 0 aromatic carbocycles. The van der Waals surface area contributed by atoms with Crippen molar-refractivity contribution in [1.29, 1.82) is 0 Å². The molecule has 196 valence electrons. The van der Waals surface area contributed by atoms with Gasteiger partial charge in [-0.1, -0.05) is 0 Å². The van der Waals surface area contributed by atoms with Gasteiger partial charge in [-0.25, -0.2) is 4.98 Å². The van der Waals surface area contributed by atoms with E-state index in [4.69, 9.17) is 11.5 Å². The maximum Gasteiger partial charge on any atom is 0.391 e. The molecule has 2 amide bonds. The molecule has 0 radical (unpaired) electrons. The molecule has 6 N–H and O–H groups in total. The van der Waals surface area contributed by atoms with Crippen molar-refractivity contribution in [3.05, 3.63) is 11.6 Å². The first-order valence-corrected chi connectivity index (χ1v) is 11.3. The van der Waals surface area contributed by atoms with Crippen LogP contribution in [0.2, 0.25) is 0 Å². The summed E-state index contributed by atoms with van der Waals surface area (Å²) in [5.41, 5.74) is 11.1. The summed E-state index contributed by atoms with van der Waals surface area (Å²) in [6.45, 7) is -0.346. The van der Waals surface area contributed by atoms with Gasteiger partial charge in [0.1, 0.15) is 5.82 Å². The minimum Gasteiger partial charge on any atom is -0.396 e. The zero-order valence-electron chi connectivity index (χ0n) is 18.8. The Kier molecular flexibility index (Phi) is 7.90. The molecular formula is C21H28F6N6O2. The Morgan fingerprint density at radius 3 is 2.03 bits per heavy atom. The third kappa shape index (κ3) is 6.82. The Bertz CT molecular complexity index is 922. The molecule has 35 heavy (non-hydrogen) atoms. The fraction of sp³-hybridized carbons (Fsp3) is 0.667. The number of nitrogen functional groups attached to an aromatic ring is 1. The van der Waals surface area contributed by atoms with Crippen LogP contribution in [0.5, 0.6) is 0 Å². The normalized spacial score (nSPS) is 22.1. The number of hydrogen-bond donors (Lipinski definition) is 4. The van der Waals surface area contributed by atoms with Crippen LogP contribution >= 0.6 is 0 Å². The van der Waals surface area contributed by atoms with E-state index in [0.717, 1.165) is 0 Å². The van der Waals surface area contributed by atoms with Crippen molar-refractivity contribution < 1.29 is 35.9 Å². The Balaban J connectivity index is 1.79. The second kappa shape index (κ2) is 10.4. The summed E-state index contributed by atoms with van der Waals surface area (Å²) >= 11 is 0. The van der Waals surface area contributed by atoms with Crippen LogP contribution in [0.15, 0.2) is 6.07 Å². The number of halogens is 6. The maximum absolute atomic E-state index is 13.1. The van der Waals surface area contributed by atoms with Crippen molar-refractivity contribution in [2.45, 2.75) is 56.9 Å². The fourth-order valence-corrected chi connectivity index (χ4v) is 4.49. The molecule has 14 heteroatoms. The zero-order valence-corrected chi connectivity index (χ0v) is 18.8. The summed E-state index contributed by atoms with van der Waals surface area (Å²) in [5, 5.41) is 5.35. The van der Waals surface area contributed by atoms with E-state index >= 15 is 0 Å². The highest BCUT2D eigenvalue weighted by molar-refractivity contribution is 6.01. The van der Waals surface area contributed by atoms with E-state index < -0.39 is 42.0 Å². The molecule has 2 fully saturated rings. The third-order valence-corrected chi connectivity index (χ3v) is 6.49. The summed E-state index contributed by atoms with van der Waals surface area (Å²) in [6.07, 6.45) is -8.93. The number of nitrogens with zero attached hydrogens (tertiary/aromatic N) is 2. The highest BCUT2D eigenvalue weighted by Gasteiger charge is 2.43. The Morgan fingerprint density at radius 1 is 0.971 bits per heavy atom. The molecule has 0 bridgehead atoms. The summed E-state index contributed by atoms with van der Waals surface area (Å²) in [7, 11) is 0. The van der Waals surface area contributed by atoms with Crippen molar-refractivity contribution >= 4 is 29.1 Å². The predicted octanol–water partition coefficient (Wildman–Crippen LogP) is 3.19. The first kappa shape index (κ1) is 26.7. The number of pyridine rings is 1. The van der Waals surface area contributed by atoms with Gasteiger partial charge in [-0.05, 0) is 44.6 Å². The van der Waals surface area contributed by atoms with Crippen LogP contribution in [0.4, 0.5) is 43.7 Å². The highest BCUT2D eigenvalue weighted by Crippen LogP contribution is 2.39. The third-order valence-electron chi connectivity index (χ3n) is 6.49. The minimum atomic E-state index is -4.33. The number of anilines is 3. The van der Waals surface area contributed by atoms with E-state index in [1.807, 2.05) is 0 Å². The van der Waals surface area contributed by atoms with Gasteiger partial charge < -0.3 is 27.0 Å². The van der Waals surface area contributed by atoms with Crippen molar-refractivity contribution in [2.24, 2.45) is 17.6 Å². The smallest absolute Gasteiger partial charge is 0.391 e. The lowest BCUT2D eigenvalue weighted by atomic mass is 9.85. The number of hydrogen-bond acceptors (Lipinski definition) is 6. The number of nitrogens with two attached hydrogens (primary N) is 2. The van der Waals surface area contributed by atoms with Gasteiger partial charge in [0.15, 0.2) is 5.82 Å². The van der Waals surface area contributed by atoms with E-state index in [2.05, 4.69) is 15.6 Å². The average Bonchev–Trinajstić information content (AvgIpc) is 2.77. The molecule has 1 saturated heterocycles. The molecule has 1 aliphatic heterocycles. The Hall–Kier alpha value is -2.93. The SMILES string of the molecule is NC(=O)CNc1nc(N2CCC(C(F)(F)F)CC2)c(C(=O)NC2CCC(C(F)(F)F)CC2)cc1N. The lowest BCUT2D eigenvalue weighted by molar-refractivity contribution is -0.182. The molecule has 1 saturated carbocycles. The van der Waals surface area contributed by atoms with Crippen LogP contribution in [0.3, 0.4) is 0 Å². The number of alkyl halides is 6. The number of primary amides is 1. The molecule has 8 nitrogen and oxygen atoms in total. The summed E-state index contributed by atoms with van der Waals surface area (Å²) < 4.78 is 78.1. The molecule has 1 aliphatic carbocycles.